The number of aryl methyl sites for hydroxylation is 1. The standard InChI is InChI=1S/C18H14N2OS/c1-13-17(16(21)11-10-14-7-3-2-4-8-14)22-18(20-13)15-9-5-6-12-19-15/h2-12H,1H3/b11-10+. The van der Waals surface area contributed by atoms with Crippen molar-refractivity contribution >= 4 is 23.2 Å². The van der Waals surface area contributed by atoms with Crippen molar-refractivity contribution in [2.45, 2.75) is 6.92 Å². The molecule has 0 saturated heterocycles. The third-order valence-corrected chi connectivity index (χ3v) is 4.33. The number of aromatic nitrogens is 2. The number of hydrogen-bond acceptors (Lipinski definition) is 4. The molecule has 3 rings (SSSR count). The second-order valence-electron chi connectivity index (χ2n) is 4.76. The van der Waals surface area contributed by atoms with E-state index in [2.05, 4.69) is 9.97 Å². The zero-order valence-electron chi connectivity index (χ0n) is 12.1. The van der Waals surface area contributed by atoms with E-state index in [9.17, 15) is 4.79 Å². The lowest BCUT2D eigenvalue weighted by Gasteiger charge is -1.93. The molecule has 0 aliphatic heterocycles. The Balaban J connectivity index is 1.85. The van der Waals surface area contributed by atoms with Crippen molar-refractivity contribution in [2.75, 3.05) is 0 Å². The second-order valence-corrected chi connectivity index (χ2v) is 5.76. The van der Waals surface area contributed by atoms with Crippen LogP contribution in [0.15, 0.2) is 60.8 Å². The number of ketones is 1. The lowest BCUT2D eigenvalue weighted by atomic mass is 10.2. The Morgan fingerprint density at radius 2 is 1.86 bits per heavy atom. The Kier molecular flexibility index (Phi) is 4.21. The van der Waals surface area contributed by atoms with Crippen LogP contribution in [0.4, 0.5) is 0 Å². The molecule has 0 unspecified atom stereocenters. The first-order valence-electron chi connectivity index (χ1n) is 6.90. The Bertz CT molecular complexity index is 808. The highest BCUT2D eigenvalue weighted by Crippen LogP contribution is 2.27. The molecule has 0 aliphatic rings. The lowest BCUT2D eigenvalue weighted by Crippen LogP contribution is -1.92. The first-order chi connectivity index (χ1) is 10.7. The normalized spacial score (nSPS) is 11.0. The van der Waals surface area contributed by atoms with Crippen LogP contribution < -0.4 is 0 Å². The van der Waals surface area contributed by atoms with Crippen LogP contribution in [0.3, 0.4) is 0 Å². The number of pyridine rings is 1. The summed E-state index contributed by atoms with van der Waals surface area (Å²) in [6.45, 7) is 1.85. The Hall–Kier alpha value is -2.59. The zero-order valence-corrected chi connectivity index (χ0v) is 12.9. The number of allylic oxidation sites excluding steroid dienone is 1. The third-order valence-electron chi connectivity index (χ3n) is 3.13. The Morgan fingerprint density at radius 3 is 2.59 bits per heavy atom. The molecule has 0 saturated carbocycles. The molecular weight excluding hydrogens is 292 g/mol. The van der Waals surface area contributed by atoms with E-state index in [0.717, 1.165) is 22.0 Å². The highest BCUT2D eigenvalue weighted by Gasteiger charge is 2.14. The van der Waals surface area contributed by atoms with Gasteiger partial charge in [-0.05, 0) is 30.7 Å². The molecule has 0 bridgehead atoms. The summed E-state index contributed by atoms with van der Waals surface area (Å²) in [5, 5.41) is 0.773. The fourth-order valence-electron chi connectivity index (χ4n) is 2.04. The van der Waals surface area contributed by atoms with Gasteiger partial charge >= 0.3 is 0 Å². The van der Waals surface area contributed by atoms with Gasteiger partial charge in [-0.1, -0.05) is 42.5 Å². The number of thiazole rings is 1. The molecule has 0 spiro atoms. The fraction of sp³-hybridized carbons (Fsp3) is 0.0556. The van der Waals surface area contributed by atoms with Crippen LogP contribution in [0, 0.1) is 6.92 Å². The first-order valence-corrected chi connectivity index (χ1v) is 7.72. The summed E-state index contributed by atoms with van der Waals surface area (Å²) in [7, 11) is 0. The summed E-state index contributed by atoms with van der Waals surface area (Å²) >= 11 is 1.38. The van der Waals surface area contributed by atoms with Gasteiger partial charge in [0.1, 0.15) is 5.01 Å². The van der Waals surface area contributed by atoms with Crippen LogP contribution in [0.2, 0.25) is 0 Å². The Labute approximate surface area is 133 Å². The van der Waals surface area contributed by atoms with Crippen molar-refractivity contribution in [3.05, 3.63) is 76.9 Å². The average Bonchev–Trinajstić information content (AvgIpc) is 2.96. The average molecular weight is 306 g/mol. The van der Waals surface area contributed by atoms with E-state index in [1.807, 2.05) is 61.5 Å². The molecule has 0 amide bonds. The fourth-order valence-corrected chi connectivity index (χ4v) is 3.00. The summed E-state index contributed by atoms with van der Waals surface area (Å²) in [5.41, 5.74) is 2.54. The van der Waals surface area contributed by atoms with Crippen LogP contribution in [0.25, 0.3) is 16.8 Å². The van der Waals surface area contributed by atoms with Crippen molar-refractivity contribution < 1.29 is 4.79 Å². The van der Waals surface area contributed by atoms with Gasteiger partial charge in [0.25, 0.3) is 0 Å². The third kappa shape index (κ3) is 3.18. The number of hydrogen-bond donors (Lipinski definition) is 0. The second kappa shape index (κ2) is 6.45. The number of rotatable bonds is 4. The summed E-state index contributed by atoms with van der Waals surface area (Å²) in [4.78, 5) is 21.7. The molecule has 0 aliphatic carbocycles. The van der Waals surface area contributed by atoms with Crippen LogP contribution in [0.1, 0.15) is 20.9 Å². The number of benzene rings is 1. The maximum absolute atomic E-state index is 12.3. The van der Waals surface area contributed by atoms with Crippen molar-refractivity contribution in [1.29, 1.82) is 0 Å². The van der Waals surface area contributed by atoms with Gasteiger partial charge in [-0.3, -0.25) is 9.78 Å². The molecule has 108 valence electrons. The molecule has 3 aromatic rings. The largest absolute Gasteiger partial charge is 0.288 e. The first kappa shape index (κ1) is 14.4. The van der Waals surface area contributed by atoms with Gasteiger partial charge in [-0.15, -0.1) is 11.3 Å². The molecule has 2 aromatic heterocycles. The van der Waals surface area contributed by atoms with E-state index >= 15 is 0 Å². The smallest absolute Gasteiger partial charge is 0.197 e. The van der Waals surface area contributed by atoms with Gasteiger partial charge < -0.3 is 0 Å². The zero-order chi connectivity index (χ0) is 15.4. The Morgan fingerprint density at radius 1 is 1.09 bits per heavy atom. The van der Waals surface area contributed by atoms with Gasteiger partial charge in [0, 0.05) is 6.20 Å². The predicted molar refractivity (Wildman–Crippen MR) is 89.9 cm³/mol. The van der Waals surface area contributed by atoms with Gasteiger partial charge in [-0.25, -0.2) is 4.98 Å². The SMILES string of the molecule is Cc1nc(-c2ccccn2)sc1C(=O)/C=C/c1ccccc1. The topological polar surface area (TPSA) is 42.9 Å². The quantitative estimate of drug-likeness (QED) is 0.529. The van der Waals surface area contributed by atoms with Crippen LogP contribution in [-0.4, -0.2) is 15.8 Å². The minimum absolute atomic E-state index is 0.0268. The molecule has 0 N–H and O–H groups in total. The summed E-state index contributed by atoms with van der Waals surface area (Å²) in [6, 6.07) is 15.4. The number of carbonyl (C=O) groups excluding carboxylic acids is 1. The minimum atomic E-state index is -0.0268. The van der Waals surface area contributed by atoms with E-state index < -0.39 is 0 Å². The van der Waals surface area contributed by atoms with Crippen LogP contribution in [0.5, 0.6) is 0 Å². The van der Waals surface area contributed by atoms with E-state index in [1.54, 1.807) is 12.3 Å². The highest BCUT2D eigenvalue weighted by atomic mass is 32.1. The van der Waals surface area contributed by atoms with E-state index in [0.29, 0.717) is 4.88 Å². The molecule has 2 heterocycles. The predicted octanol–water partition coefficient (Wildman–Crippen LogP) is 4.41. The van der Waals surface area contributed by atoms with Crippen molar-refractivity contribution in [1.82, 2.24) is 9.97 Å². The molecule has 22 heavy (non-hydrogen) atoms. The van der Waals surface area contributed by atoms with Gasteiger partial charge in [0.15, 0.2) is 5.78 Å². The van der Waals surface area contributed by atoms with Crippen molar-refractivity contribution in [3.8, 4) is 10.7 Å². The molecule has 4 heteroatoms. The van der Waals surface area contributed by atoms with E-state index in [1.165, 1.54) is 11.3 Å². The van der Waals surface area contributed by atoms with E-state index in [-0.39, 0.29) is 5.78 Å². The lowest BCUT2D eigenvalue weighted by molar-refractivity contribution is 0.105. The van der Waals surface area contributed by atoms with Gasteiger partial charge in [0.2, 0.25) is 0 Å². The van der Waals surface area contributed by atoms with Gasteiger partial charge in [-0.2, -0.15) is 0 Å². The highest BCUT2D eigenvalue weighted by molar-refractivity contribution is 7.17. The van der Waals surface area contributed by atoms with Gasteiger partial charge in [0.05, 0.1) is 16.3 Å². The van der Waals surface area contributed by atoms with Crippen molar-refractivity contribution in [3.63, 3.8) is 0 Å². The maximum Gasteiger partial charge on any atom is 0.197 e. The molecule has 0 fully saturated rings. The summed E-state index contributed by atoms with van der Waals surface area (Å²) in [5.74, 6) is -0.0268. The molecular formula is C18H14N2OS. The van der Waals surface area contributed by atoms with Crippen LogP contribution >= 0.6 is 11.3 Å². The molecule has 0 radical (unpaired) electrons. The molecule has 1 aromatic carbocycles. The van der Waals surface area contributed by atoms with E-state index in [4.69, 9.17) is 0 Å². The maximum atomic E-state index is 12.3. The summed E-state index contributed by atoms with van der Waals surface area (Å²) in [6.07, 6.45) is 5.14. The number of nitrogens with zero attached hydrogens (tertiary/aromatic N) is 2. The minimum Gasteiger partial charge on any atom is -0.288 e. The molecule has 0 atom stereocenters. The van der Waals surface area contributed by atoms with Crippen LogP contribution in [-0.2, 0) is 0 Å². The number of carbonyl (C=O) groups is 1. The monoisotopic (exact) mass is 306 g/mol. The van der Waals surface area contributed by atoms with Crippen molar-refractivity contribution in [2.24, 2.45) is 0 Å². The molecule has 3 nitrogen and oxygen atoms in total. The summed E-state index contributed by atoms with van der Waals surface area (Å²) < 4.78 is 0.